The molecule has 2 N–H and O–H groups in total. The Labute approximate surface area is 52.9 Å². The van der Waals surface area contributed by atoms with E-state index in [4.69, 9.17) is 4.79 Å². The molecule has 0 fully saturated rings. The van der Waals surface area contributed by atoms with Crippen LogP contribution in [0.1, 0.15) is 0 Å². The molecule has 0 aliphatic rings. The molecular weight excluding hydrogens is 120 g/mol. The molecule has 0 radical (unpaired) electrons. The molecule has 0 amide bonds. The normalized spacial score (nSPS) is 6.78. The maximum atomic E-state index is 8.95. The van der Waals surface area contributed by atoms with Crippen molar-refractivity contribution in [1.82, 2.24) is 4.98 Å². The summed E-state index contributed by atoms with van der Waals surface area (Å²) in [5.74, 6) is 0. The maximum Gasteiger partial charge on any atom is 0.292 e. The number of nitrogens with one attached hydrogen (secondary N) is 2. The van der Waals surface area contributed by atoms with Crippen LogP contribution in [-0.4, -0.2) is 18.6 Å². The van der Waals surface area contributed by atoms with Gasteiger partial charge in [0, 0.05) is 0 Å². The Kier molecular flexibility index (Phi) is 5.70. The maximum absolute atomic E-state index is 8.95. The molecule has 4 nitrogen and oxygen atoms in total. The second-order valence-electron chi connectivity index (χ2n) is 1.14. The number of carbonyl (C=O) groups excluding carboxylic acids is 1. The number of methoxy groups -OCH3 is 1. The van der Waals surface area contributed by atoms with E-state index in [0.29, 0.717) is 6.47 Å². The van der Waals surface area contributed by atoms with Crippen molar-refractivity contribution in [2.75, 3.05) is 7.11 Å². The minimum atomic E-state index is 0.375. The van der Waals surface area contributed by atoms with Gasteiger partial charge in [-0.15, -0.1) is 0 Å². The van der Waals surface area contributed by atoms with Gasteiger partial charge in [-0.1, -0.05) is 0 Å². The highest BCUT2D eigenvalue weighted by Crippen LogP contribution is 1.53. The van der Waals surface area contributed by atoms with Crippen molar-refractivity contribution < 1.29 is 14.5 Å². The average Bonchev–Trinajstić information content (AvgIpc) is 2.43. The van der Waals surface area contributed by atoms with Crippen molar-refractivity contribution in [2.45, 2.75) is 0 Å². The zero-order valence-electron chi connectivity index (χ0n) is 5.13. The van der Waals surface area contributed by atoms with Crippen LogP contribution in [0.3, 0.4) is 0 Å². The summed E-state index contributed by atoms with van der Waals surface area (Å²) in [6.07, 6.45) is 5.39. The third kappa shape index (κ3) is 6.68. The number of imidazole rings is 1. The Hall–Kier alpha value is -1.32. The molecule has 1 heterocycles. The minimum Gasteiger partial charge on any atom is -0.471 e. The van der Waals surface area contributed by atoms with Gasteiger partial charge in [-0.25, -0.2) is 0 Å². The fourth-order valence-corrected chi connectivity index (χ4v) is 0.241. The number of hydrogen-bond acceptors (Lipinski definition) is 2. The Morgan fingerprint density at radius 3 is 2.56 bits per heavy atom. The molecule has 0 bridgehead atoms. The largest absolute Gasteiger partial charge is 0.471 e. The van der Waals surface area contributed by atoms with E-state index in [2.05, 4.69) is 14.7 Å². The quantitative estimate of drug-likeness (QED) is 0.525. The lowest BCUT2D eigenvalue weighted by atomic mass is 11.0. The van der Waals surface area contributed by atoms with E-state index in [1.807, 2.05) is 12.4 Å². The van der Waals surface area contributed by atoms with Gasteiger partial charge in [0.25, 0.3) is 6.47 Å². The number of carbonyl (C=O) groups is 1. The van der Waals surface area contributed by atoms with Crippen LogP contribution in [0.2, 0.25) is 0 Å². The van der Waals surface area contributed by atoms with Crippen LogP contribution in [-0.2, 0) is 9.53 Å². The molecule has 1 rings (SSSR count). The van der Waals surface area contributed by atoms with Gasteiger partial charge >= 0.3 is 0 Å². The molecular formula is C5H9N2O2+. The van der Waals surface area contributed by atoms with Crippen LogP contribution in [0.5, 0.6) is 0 Å². The first-order valence-electron chi connectivity index (χ1n) is 2.37. The van der Waals surface area contributed by atoms with E-state index < -0.39 is 0 Å². The highest BCUT2D eigenvalue weighted by atomic mass is 16.5. The van der Waals surface area contributed by atoms with Crippen LogP contribution in [0.25, 0.3) is 0 Å². The standard InChI is InChI=1S/C3H4N2.C2H4O2/c1-2-5-3-4-1;1-4-2-3/h1-3H,(H,4,5);2H,1H3/p+1. The summed E-state index contributed by atoms with van der Waals surface area (Å²) in [5, 5.41) is 0. The number of rotatable bonds is 1. The van der Waals surface area contributed by atoms with Gasteiger partial charge in [-0.2, -0.15) is 0 Å². The Morgan fingerprint density at radius 2 is 2.44 bits per heavy atom. The van der Waals surface area contributed by atoms with Gasteiger partial charge in [0.15, 0.2) is 0 Å². The highest BCUT2D eigenvalue weighted by molar-refractivity contribution is 5.36. The molecule has 9 heavy (non-hydrogen) atoms. The second kappa shape index (κ2) is 6.68. The molecule has 0 unspecified atom stereocenters. The Bertz CT molecular complexity index is 110. The summed E-state index contributed by atoms with van der Waals surface area (Å²) in [6, 6.07) is 0. The molecule has 0 aliphatic heterocycles. The van der Waals surface area contributed by atoms with Crippen molar-refractivity contribution in [3.05, 3.63) is 18.7 Å². The predicted molar refractivity (Wildman–Crippen MR) is 30.4 cm³/mol. The van der Waals surface area contributed by atoms with Crippen LogP contribution >= 0.6 is 0 Å². The van der Waals surface area contributed by atoms with Crippen molar-refractivity contribution in [3.8, 4) is 0 Å². The molecule has 50 valence electrons. The summed E-state index contributed by atoms with van der Waals surface area (Å²) >= 11 is 0. The first-order valence-corrected chi connectivity index (χ1v) is 2.37. The smallest absolute Gasteiger partial charge is 0.292 e. The van der Waals surface area contributed by atoms with Crippen molar-refractivity contribution in [3.63, 3.8) is 0 Å². The summed E-state index contributed by atoms with van der Waals surface area (Å²) in [5.41, 5.74) is 0. The monoisotopic (exact) mass is 129 g/mol. The van der Waals surface area contributed by atoms with Crippen LogP contribution in [0.4, 0.5) is 0 Å². The summed E-state index contributed by atoms with van der Waals surface area (Å²) < 4.78 is 3.86. The number of aromatic nitrogens is 2. The van der Waals surface area contributed by atoms with Crippen molar-refractivity contribution in [1.29, 1.82) is 0 Å². The van der Waals surface area contributed by atoms with Crippen molar-refractivity contribution in [2.24, 2.45) is 0 Å². The SMILES string of the molecule is COC=O.c1c[nH+]c[nH]1. The average molecular weight is 129 g/mol. The van der Waals surface area contributed by atoms with E-state index in [1.54, 1.807) is 6.33 Å². The molecule has 0 spiro atoms. The zero-order valence-corrected chi connectivity index (χ0v) is 5.13. The van der Waals surface area contributed by atoms with Crippen LogP contribution in [0, 0.1) is 0 Å². The molecule has 0 aromatic carbocycles. The third-order valence-corrected chi connectivity index (χ3v) is 0.539. The van der Waals surface area contributed by atoms with Crippen LogP contribution in [0.15, 0.2) is 18.7 Å². The fourth-order valence-electron chi connectivity index (χ4n) is 0.241. The first kappa shape index (κ1) is 7.68. The summed E-state index contributed by atoms with van der Waals surface area (Å²) in [4.78, 5) is 14.6. The summed E-state index contributed by atoms with van der Waals surface area (Å²) in [7, 11) is 1.31. The molecule has 0 aliphatic carbocycles. The molecule has 1 aromatic rings. The minimum absolute atomic E-state index is 0.375. The van der Waals surface area contributed by atoms with Crippen molar-refractivity contribution >= 4 is 6.47 Å². The molecule has 4 heteroatoms. The zero-order chi connectivity index (χ0) is 6.95. The molecule has 1 aromatic heterocycles. The van der Waals surface area contributed by atoms with E-state index in [9.17, 15) is 0 Å². The molecule has 0 saturated heterocycles. The van der Waals surface area contributed by atoms with E-state index in [1.165, 1.54) is 7.11 Å². The third-order valence-electron chi connectivity index (χ3n) is 0.539. The predicted octanol–water partition coefficient (Wildman–Crippen LogP) is -0.382. The topological polar surface area (TPSA) is 56.2 Å². The van der Waals surface area contributed by atoms with Gasteiger partial charge in [0.2, 0.25) is 6.33 Å². The first-order chi connectivity index (χ1) is 4.41. The number of ether oxygens (including phenoxy) is 1. The highest BCUT2D eigenvalue weighted by Gasteiger charge is 1.65. The summed E-state index contributed by atoms with van der Waals surface area (Å²) in [6.45, 7) is 0.375. The second-order valence-corrected chi connectivity index (χ2v) is 1.14. The fraction of sp³-hybridized carbons (Fsp3) is 0.200. The van der Waals surface area contributed by atoms with Gasteiger partial charge in [-0.05, 0) is 0 Å². The number of aromatic amines is 2. The van der Waals surface area contributed by atoms with Crippen LogP contribution < -0.4 is 4.98 Å². The Morgan fingerprint density at radius 1 is 1.78 bits per heavy atom. The van der Waals surface area contributed by atoms with Gasteiger partial charge in [0.1, 0.15) is 12.4 Å². The molecule has 0 atom stereocenters. The van der Waals surface area contributed by atoms with Gasteiger partial charge < -0.3 is 4.74 Å². The lowest BCUT2D eigenvalue weighted by Gasteiger charge is -1.67. The van der Waals surface area contributed by atoms with Gasteiger partial charge in [-0.3, -0.25) is 14.8 Å². The number of H-pyrrole nitrogens is 2. The lowest BCUT2D eigenvalue weighted by Crippen LogP contribution is -1.87. The van der Waals surface area contributed by atoms with E-state index in [0.717, 1.165) is 0 Å². The van der Waals surface area contributed by atoms with E-state index in [-0.39, 0.29) is 0 Å². The van der Waals surface area contributed by atoms with Gasteiger partial charge in [0.05, 0.1) is 7.11 Å². The Balaban J connectivity index is 0.000000148. The number of hydrogen-bond donors (Lipinski definition) is 1. The van der Waals surface area contributed by atoms with E-state index >= 15 is 0 Å². The lowest BCUT2D eigenvalue weighted by molar-refractivity contribution is -0.375. The molecule has 0 saturated carbocycles.